The van der Waals surface area contributed by atoms with Gasteiger partial charge in [0.1, 0.15) is 0 Å². The van der Waals surface area contributed by atoms with Crippen molar-refractivity contribution in [3.05, 3.63) is 34.9 Å². The normalized spacial score (nSPS) is 16.3. The Labute approximate surface area is 140 Å². The van der Waals surface area contributed by atoms with Crippen LogP contribution in [0.1, 0.15) is 34.3 Å². The third-order valence-electron chi connectivity index (χ3n) is 3.61. The van der Waals surface area contributed by atoms with Gasteiger partial charge in [-0.05, 0) is 37.0 Å². The number of carbonyl (C=O) groups excluding carboxylic acids is 1. The van der Waals surface area contributed by atoms with Gasteiger partial charge < -0.3 is 11.1 Å². The Morgan fingerprint density at radius 2 is 1.54 bits per heavy atom. The highest BCUT2D eigenvalue weighted by Gasteiger charge is 2.38. The number of benzene rings is 1. The zero-order valence-electron chi connectivity index (χ0n) is 12.2. The first-order valence-electron chi connectivity index (χ1n) is 6.83. The van der Waals surface area contributed by atoms with Gasteiger partial charge in [0.05, 0.1) is 11.1 Å². The van der Waals surface area contributed by atoms with Crippen LogP contribution in [0.15, 0.2) is 18.2 Å². The molecule has 0 bridgehead atoms. The van der Waals surface area contributed by atoms with Crippen molar-refractivity contribution in [2.45, 2.75) is 31.2 Å². The van der Waals surface area contributed by atoms with Crippen molar-refractivity contribution in [2.24, 2.45) is 11.7 Å². The lowest BCUT2D eigenvalue weighted by atomic mass is 10.0. The second kappa shape index (κ2) is 7.18. The van der Waals surface area contributed by atoms with E-state index in [-0.39, 0.29) is 30.9 Å². The van der Waals surface area contributed by atoms with E-state index in [2.05, 4.69) is 5.32 Å². The molecule has 1 fully saturated rings. The van der Waals surface area contributed by atoms with Gasteiger partial charge in [-0.15, -0.1) is 12.4 Å². The summed E-state index contributed by atoms with van der Waals surface area (Å²) in [5.41, 5.74) is 1.73. The maximum absolute atomic E-state index is 12.7. The fraction of sp³-hybridized carbons (Fsp3) is 0.500. The van der Waals surface area contributed by atoms with Gasteiger partial charge in [0, 0.05) is 18.2 Å². The van der Waals surface area contributed by atoms with Crippen molar-refractivity contribution < 1.29 is 31.1 Å². The molecular formula is C14H15ClF6N2O. The van der Waals surface area contributed by atoms with Gasteiger partial charge in [-0.1, -0.05) is 0 Å². The number of nitrogens with one attached hydrogen (secondary N) is 1. The Kier molecular flexibility index (Phi) is 6.15. The van der Waals surface area contributed by atoms with Crippen molar-refractivity contribution in [1.82, 2.24) is 5.32 Å². The van der Waals surface area contributed by atoms with E-state index in [4.69, 9.17) is 5.73 Å². The van der Waals surface area contributed by atoms with E-state index in [0.29, 0.717) is 12.1 Å². The molecule has 0 radical (unpaired) electrons. The van der Waals surface area contributed by atoms with Crippen LogP contribution < -0.4 is 11.1 Å². The summed E-state index contributed by atoms with van der Waals surface area (Å²) in [7, 11) is 0. The number of nitrogens with two attached hydrogens (primary N) is 1. The lowest BCUT2D eigenvalue weighted by Crippen LogP contribution is -2.41. The van der Waals surface area contributed by atoms with Crippen LogP contribution in [0.3, 0.4) is 0 Å². The molecule has 10 heteroatoms. The van der Waals surface area contributed by atoms with Gasteiger partial charge in [-0.25, -0.2) is 0 Å². The van der Waals surface area contributed by atoms with E-state index in [9.17, 15) is 31.1 Å². The fourth-order valence-electron chi connectivity index (χ4n) is 2.21. The van der Waals surface area contributed by atoms with Crippen LogP contribution in [-0.4, -0.2) is 18.5 Å². The first kappa shape index (κ1) is 20.6. The Hall–Kier alpha value is -1.48. The molecule has 1 amide bonds. The van der Waals surface area contributed by atoms with Gasteiger partial charge in [0.2, 0.25) is 0 Å². The summed E-state index contributed by atoms with van der Waals surface area (Å²) >= 11 is 0. The molecule has 1 unspecified atom stereocenters. The zero-order chi connectivity index (χ0) is 17.4. The van der Waals surface area contributed by atoms with Crippen LogP contribution in [0.2, 0.25) is 0 Å². The summed E-state index contributed by atoms with van der Waals surface area (Å²) in [6.07, 6.45) is -8.34. The van der Waals surface area contributed by atoms with E-state index in [1.54, 1.807) is 0 Å². The lowest BCUT2D eigenvalue weighted by Gasteiger charge is -2.18. The smallest absolute Gasteiger partial charge is 0.348 e. The average molecular weight is 377 g/mol. The molecule has 1 atom stereocenters. The summed E-state index contributed by atoms with van der Waals surface area (Å²) in [4.78, 5) is 12.0. The highest BCUT2D eigenvalue weighted by atomic mass is 35.5. The lowest BCUT2D eigenvalue weighted by molar-refractivity contribution is -0.143. The predicted molar refractivity (Wildman–Crippen MR) is 76.7 cm³/mol. The van der Waals surface area contributed by atoms with Gasteiger partial charge in [-0.3, -0.25) is 4.79 Å². The molecule has 1 aromatic rings. The molecule has 24 heavy (non-hydrogen) atoms. The largest absolute Gasteiger partial charge is 0.416 e. The summed E-state index contributed by atoms with van der Waals surface area (Å²) in [5.74, 6) is -0.874. The molecule has 1 aromatic carbocycles. The van der Waals surface area contributed by atoms with Gasteiger partial charge in [-0.2, -0.15) is 26.3 Å². The standard InChI is InChI=1S/C14H14F6N2O.ClH/c15-13(16,17)9-3-8(4-10(5-9)14(18,19)20)12(23)22-11(6-21)7-1-2-7;/h3-5,7,11H,1-2,6,21H2,(H,22,23);1H. The van der Waals surface area contributed by atoms with Crippen LogP contribution in [0.5, 0.6) is 0 Å². The monoisotopic (exact) mass is 376 g/mol. The molecule has 0 saturated heterocycles. The van der Waals surface area contributed by atoms with Crippen LogP contribution in [-0.2, 0) is 12.4 Å². The molecule has 136 valence electrons. The number of rotatable bonds is 4. The van der Waals surface area contributed by atoms with Gasteiger partial charge in [0.15, 0.2) is 0 Å². The van der Waals surface area contributed by atoms with Crippen LogP contribution >= 0.6 is 12.4 Å². The Morgan fingerprint density at radius 3 is 1.88 bits per heavy atom. The first-order valence-corrected chi connectivity index (χ1v) is 6.83. The number of carbonyl (C=O) groups is 1. The van der Waals surface area contributed by atoms with E-state index < -0.39 is 41.0 Å². The Morgan fingerprint density at radius 1 is 1.08 bits per heavy atom. The van der Waals surface area contributed by atoms with Crippen molar-refractivity contribution >= 4 is 18.3 Å². The fourth-order valence-corrected chi connectivity index (χ4v) is 2.21. The Balaban J connectivity index is 0.00000288. The molecule has 0 spiro atoms. The molecule has 1 saturated carbocycles. The van der Waals surface area contributed by atoms with E-state index in [1.165, 1.54) is 0 Å². The first-order chi connectivity index (χ1) is 10.5. The third kappa shape index (κ3) is 5.01. The number of alkyl halides is 6. The maximum Gasteiger partial charge on any atom is 0.416 e. The van der Waals surface area contributed by atoms with Gasteiger partial charge in [0.25, 0.3) is 5.91 Å². The summed E-state index contributed by atoms with van der Waals surface area (Å²) in [6, 6.07) is 0.347. The summed E-state index contributed by atoms with van der Waals surface area (Å²) in [6.45, 7) is 0.0709. The summed E-state index contributed by atoms with van der Waals surface area (Å²) < 4.78 is 76.5. The number of amides is 1. The van der Waals surface area contributed by atoms with Crippen molar-refractivity contribution in [1.29, 1.82) is 0 Å². The maximum atomic E-state index is 12.7. The molecule has 1 aliphatic rings. The topological polar surface area (TPSA) is 55.1 Å². The SMILES string of the molecule is Cl.NCC(NC(=O)c1cc(C(F)(F)F)cc(C(F)(F)F)c1)C1CC1. The minimum Gasteiger partial charge on any atom is -0.348 e. The third-order valence-corrected chi connectivity index (χ3v) is 3.61. The highest BCUT2D eigenvalue weighted by Crippen LogP contribution is 2.36. The second-order valence-electron chi connectivity index (χ2n) is 5.45. The summed E-state index contributed by atoms with van der Waals surface area (Å²) in [5, 5.41) is 2.40. The Bertz CT molecular complexity index is 566. The molecule has 0 aromatic heterocycles. The second-order valence-corrected chi connectivity index (χ2v) is 5.45. The number of hydrogen-bond acceptors (Lipinski definition) is 2. The van der Waals surface area contributed by atoms with E-state index in [0.717, 1.165) is 12.8 Å². The molecule has 3 N–H and O–H groups in total. The molecule has 0 heterocycles. The predicted octanol–water partition coefficient (Wildman–Crippen LogP) is 3.61. The quantitative estimate of drug-likeness (QED) is 0.789. The molecule has 3 nitrogen and oxygen atoms in total. The molecule has 0 aliphatic heterocycles. The van der Waals surface area contributed by atoms with E-state index in [1.807, 2.05) is 0 Å². The van der Waals surface area contributed by atoms with E-state index >= 15 is 0 Å². The van der Waals surface area contributed by atoms with Crippen LogP contribution in [0, 0.1) is 5.92 Å². The highest BCUT2D eigenvalue weighted by molar-refractivity contribution is 5.95. The number of halogens is 7. The van der Waals surface area contributed by atoms with Crippen LogP contribution in [0.25, 0.3) is 0 Å². The minimum atomic E-state index is -4.99. The van der Waals surface area contributed by atoms with Crippen molar-refractivity contribution in [2.75, 3.05) is 6.54 Å². The molecule has 1 aliphatic carbocycles. The van der Waals surface area contributed by atoms with Crippen molar-refractivity contribution in [3.63, 3.8) is 0 Å². The van der Waals surface area contributed by atoms with Crippen molar-refractivity contribution in [3.8, 4) is 0 Å². The average Bonchev–Trinajstić information content (AvgIpc) is 3.26. The number of hydrogen-bond donors (Lipinski definition) is 2. The van der Waals surface area contributed by atoms with Crippen LogP contribution in [0.4, 0.5) is 26.3 Å². The zero-order valence-corrected chi connectivity index (χ0v) is 13.0. The molecule has 2 rings (SSSR count). The minimum absolute atomic E-state index is 0. The molecular weight excluding hydrogens is 362 g/mol. The van der Waals surface area contributed by atoms with Gasteiger partial charge >= 0.3 is 12.4 Å².